The molecule has 3 nitrogen and oxygen atoms in total. The first-order chi connectivity index (χ1) is 7.25. The summed E-state index contributed by atoms with van der Waals surface area (Å²) in [6, 6.07) is 9.72. The van der Waals surface area contributed by atoms with E-state index in [2.05, 4.69) is 20.9 Å². The normalized spacial score (nSPS) is 10.3. The molecule has 0 saturated carbocycles. The number of hydrogen-bond acceptors (Lipinski definition) is 2. The van der Waals surface area contributed by atoms with Gasteiger partial charge in [-0.05, 0) is 28.1 Å². The minimum absolute atomic E-state index is 0.478. The Morgan fingerprint density at radius 3 is 2.67 bits per heavy atom. The standard InChI is InChI=1S/C11H11BrN2O/c1-14-7-10(12)13-11(14)8-15-9-5-3-2-4-6-9/h2-7H,8H2,1H3. The van der Waals surface area contributed by atoms with Gasteiger partial charge in [-0.2, -0.15) is 0 Å². The molecule has 1 aromatic carbocycles. The van der Waals surface area contributed by atoms with E-state index in [-0.39, 0.29) is 0 Å². The van der Waals surface area contributed by atoms with E-state index in [0.717, 1.165) is 16.2 Å². The molecule has 0 atom stereocenters. The lowest BCUT2D eigenvalue weighted by Gasteiger charge is -2.05. The number of ether oxygens (including phenoxy) is 1. The van der Waals surface area contributed by atoms with Gasteiger partial charge in [0.15, 0.2) is 0 Å². The number of aryl methyl sites for hydroxylation is 1. The highest BCUT2D eigenvalue weighted by Gasteiger charge is 2.03. The van der Waals surface area contributed by atoms with Crippen LogP contribution in [0.25, 0.3) is 0 Å². The molecule has 0 aliphatic rings. The van der Waals surface area contributed by atoms with Crippen molar-refractivity contribution in [2.75, 3.05) is 0 Å². The maximum absolute atomic E-state index is 5.58. The van der Waals surface area contributed by atoms with Crippen LogP contribution in [-0.2, 0) is 13.7 Å². The van der Waals surface area contributed by atoms with Crippen molar-refractivity contribution in [2.45, 2.75) is 6.61 Å². The molecule has 0 fully saturated rings. The Hall–Kier alpha value is -1.29. The third-order valence-corrected chi connectivity index (χ3v) is 2.44. The lowest BCUT2D eigenvalue weighted by atomic mass is 10.3. The second-order valence-electron chi connectivity index (χ2n) is 3.19. The van der Waals surface area contributed by atoms with Crippen molar-refractivity contribution in [3.05, 3.63) is 47.0 Å². The van der Waals surface area contributed by atoms with Gasteiger partial charge in [0, 0.05) is 13.2 Å². The van der Waals surface area contributed by atoms with Crippen molar-refractivity contribution in [1.29, 1.82) is 0 Å². The minimum atomic E-state index is 0.478. The zero-order valence-corrected chi connectivity index (χ0v) is 9.94. The number of halogens is 1. The Bertz CT molecular complexity index is 439. The molecule has 1 heterocycles. The first kappa shape index (κ1) is 10.2. The number of nitrogens with zero attached hydrogens (tertiary/aromatic N) is 2. The van der Waals surface area contributed by atoms with Crippen LogP contribution in [0.4, 0.5) is 0 Å². The molecule has 0 N–H and O–H groups in total. The van der Waals surface area contributed by atoms with Gasteiger partial charge < -0.3 is 9.30 Å². The molecule has 2 aromatic rings. The second-order valence-corrected chi connectivity index (χ2v) is 4.00. The SMILES string of the molecule is Cn1cc(Br)nc1COc1ccccc1. The van der Waals surface area contributed by atoms with Crippen LogP contribution < -0.4 is 4.74 Å². The zero-order chi connectivity index (χ0) is 10.7. The number of imidazole rings is 1. The van der Waals surface area contributed by atoms with E-state index >= 15 is 0 Å². The molecule has 4 heteroatoms. The van der Waals surface area contributed by atoms with E-state index in [1.165, 1.54) is 0 Å². The summed E-state index contributed by atoms with van der Waals surface area (Å²) < 4.78 is 8.35. The average molecular weight is 267 g/mol. The van der Waals surface area contributed by atoms with E-state index in [4.69, 9.17) is 4.74 Å². The average Bonchev–Trinajstić information content (AvgIpc) is 2.56. The molecular weight excluding hydrogens is 256 g/mol. The Morgan fingerprint density at radius 1 is 1.33 bits per heavy atom. The summed E-state index contributed by atoms with van der Waals surface area (Å²) >= 11 is 3.32. The lowest BCUT2D eigenvalue weighted by molar-refractivity contribution is 0.291. The molecule has 0 spiro atoms. The topological polar surface area (TPSA) is 27.1 Å². The molecular formula is C11H11BrN2O. The maximum Gasteiger partial charge on any atom is 0.147 e. The van der Waals surface area contributed by atoms with Crippen molar-refractivity contribution in [3.63, 3.8) is 0 Å². The van der Waals surface area contributed by atoms with E-state index in [9.17, 15) is 0 Å². The highest BCUT2D eigenvalue weighted by atomic mass is 79.9. The van der Waals surface area contributed by atoms with Crippen molar-refractivity contribution in [3.8, 4) is 5.75 Å². The first-order valence-corrected chi connectivity index (χ1v) is 5.40. The maximum atomic E-state index is 5.58. The summed E-state index contributed by atoms with van der Waals surface area (Å²) in [7, 11) is 1.95. The van der Waals surface area contributed by atoms with Crippen molar-refractivity contribution in [2.24, 2.45) is 7.05 Å². The summed E-state index contributed by atoms with van der Waals surface area (Å²) in [4.78, 5) is 4.28. The largest absolute Gasteiger partial charge is 0.486 e. The molecule has 0 bridgehead atoms. The van der Waals surface area contributed by atoms with E-state index in [1.807, 2.05) is 48.1 Å². The first-order valence-electron chi connectivity index (χ1n) is 4.61. The van der Waals surface area contributed by atoms with Gasteiger partial charge in [-0.1, -0.05) is 18.2 Å². The van der Waals surface area contributed by atoms with Gasteiger partial charge >= 0.3 is 0 Å². The van der Waals surface area contributed by atoms with Gasteiger partial charge in [0.2, 0.25) is 0 Å². The number of aromatic nitrogens is 2. The summed E-state index contributed by atoms with van der Waals surface area (Å²) in [5, 5.41) is 0. The van der Waals surface area contributed by atoms with Crippen LogP contribution in [0, 0.1) is 0 Å². The van der Waals surface area contributed by atoms with Crippen LogP contribution in [0.2, 0.25) is 0 Å². The smallest absolute Gasteiger partial charge is 0.147 e. The molecule has 0 radical (unpaired) electrons. The van der Waals surface area contributed by atoms with Crippen LogP contribution in [0.5, 0.6) is 5.75 Å². The number of para-hydroxylation sites is 1. The summed E-state index contributed by atoms with van der Waals surface area (Å²) in [5.41, 5.74) is 0. The number of benzene rings is 1. The van der Waals surface area contributed by atoms with E-state index < -0.39 is 0 Å². The number of hydrogen-bond donors (Lipinski definition) is 0. The summed E-state index contributed by atoms with van der Waals surface area (Å²) in [5.74, 6) is 1.75. The summed E-state index contributed by atoms with van der Waals surface area (Å²) in [6.07, 6.45) is 1.91. The predicted octanol–water partition coefficient (Wildman–Crippen LogP) is 2.76. The highest BCUT2D eigenvalue weighted by molar-refractivity contribution is 9.10. The van der Waals surface area contributed by atoms with Crippen molar-refractivity contribution < 1.29 is 4.74 Å². The van der Waals surface area contributed by atoms with Crippen LogP contribution >= 0.6 is 15.9 Å². The molecule has 15 heavy (non-hydrogen) atoms. The molecule has 0 saturated heterocycles. The third-order valence-electron chi connectivity index (χ3n) is 2.05. The Kier molecular flexibility index (Phi) is 3.06. The van der Waals surface area contributed by atoms with Crippen LogP contribution in [0.3, 0.4) is 0 Å². The quantitative estimate of drug-likeness (QED) is 0.855. The van der Waals surface area contributed by atoms with Gasteiger partial charge in [-0.25, -0.2) is 4.98 Å². The fourth-order valence-corrected chi connectivity index (χ4v) is 1.78. The molecule has 0 unspecified atom stereocenters. The van der Waals surface area contributed by atoms with Crippen LogP contribution in [-0.4, -0.2) is 9.55 Å². The lowest BCUT2D eigenvalue weighted by Crippen LogP contribution is -2.02. The van der Waals surface area contributed by atoms with Gasteiger partial charge in [-0.3, -0.25) is 0 Å². The molecule has 78 valence electrons. The van der Waals surface area contributed by atoms with E-state index in [0.29, 0.717) is 6.61 Å². The van der Waals surface area contributed by atoms with Crippen LogP contribution in [0.1, 0.15) is 5.82 Å². The molecule has 0 amide bonds. The third kappa shape index (κ3) is 2.59. The number of rotatable bonds is 3. The molecule has 0 aliphatic carbocycles. The monoisotopic (exact) mass is 266 g/mol. The Balaban J connectivity index is 2.02. The van der Waals surface area contributed by atoms with Gasteiger partial charge in [0.05, 0.1) is 0 Å². The zero-order valence-electron chi connectivity index (χ0n) is 8.35. The van der Waals surface area contributed by atoms with Gasteiger partial charge in [0.25, 0.3) is 0 Å². The van der Waals surface area contributed by atoms with Crippen molar-refractivity contribution >= 4 is 15.9 Å². The van der Waals surface area contributed by atoms with E-state index in [1.54, 1.807) is 0 Å². The summed E-state index contributed by atoms with van der Waals surface area (Å²) in [6.45, 7) is 0.478. The second kappa shape index (κ2) is 4.49. The fourth-order valence-electron chi connectivity index (χ4n) is 1.26. The van der Waals surface area contributed by atoms with Crippen molar-refractivity contribution in [1.82, 2.24) is 9.55 Å². The fraction of sp³-hybridized carbons (Fsp3) is 0.182. The Labute approximate surface area is 96.8 Å². The highest BCUT2D eigenvalue weighted by Crippen LogP contribution is 2.13. The van der Waals surface area contributed by atoms with Gasteiger partial charge in [-0.15, -0.1) is 0 Å². The van der Waals surface area contributed by atoms with Crippen LogP contribution in [0.15, 0.2) is 41.1 Å². The molecule has 2 rings (SSSR count). The minimum Gasteiger partial charge on any atom is -0.486 e. The van der Waals surface area contributed by atoms with Gasteiger partial charge in [0.1, 0.15) is 22.8 Å². The Morgan fingerprint density at radius 2 is 2.07 bits per heavy atom. The molecule has 1 aromatic heterocycles. The predicted molar refractivity (Wildman–Crippen MR) is 61.7 cm³/mol. The molecule has 0 aliphatic heterocycles.